The van der Waals surface area contributed by atoms with Gasteiger partial charge in [-0.05, 0) is 36.4 Å². The van der Waals surface area contributed by atoms with Crippen molar-refractivity contribution >= 4 is 39.0 Å². The molecule has 0 saturated heterocycles. The molecular formula is C17H12BrFN4O. The van der Waals surface area contributed by atoms with Crippen LogP contribution in [0.2, 0.25) is 0 Å². The molecule has 0 radical (unpaired) electrons. The lowest BCUT2D eigenvalue weighted by atomic mass is 10.3. The Kier molecular flexibility index (Phi) is 4.81. The van der Waals surface area contributed by atoms with E-state index in [-0.39, 0.29) is 17.4 Å². The number of hydrogen-bond acceptors (Lipinski definition) is 4. The van der Waals surface area contributed by atoms with Gasteiger partial charge in [0.2, 0.25) is 0 Å². The van der Waals surface area contributed by atoms with Gasteiger partial charge in [0.25, 0.3) is 5.91 Å². The van der Waals surface area contributed by atoms with Crippen LogP contribution in [-0.2, 0) is 0 Å². The Balaban J connectivity index is 1.68. The van der Waals surface area contributed by atoms with Crippen molar-refractivity contribution in [2.45, 2.75) is 0 Å². The maximum absolute atomic E-state index is 13.1. The Labute approximate surface area is 146 Å². The van der Waals surface area contributed by atoms with Crippen molar-refractivity contribution < 1.29 is 9.18 Å². The lowest BCUT2D eigenvalue weighted by Crippen LogP contribution is -2.14. The molecule has 0 aliphatic rings. The monoisotopic (exact) mass is 386 g/mol. The molecule has 3 rings (SSSR count). The maximum atomic E-state index is 13.1. The average Bonchev–Trinajstić information content (AvgIpc) is 2.55. The van der Waals surface area contributed by atoms with Gasteiger partial charge >= 0.3 is 0 Å². The minimum Gasteiger partial charge on any atom is -0.339 e. The molecule has 1 aromatic heterocycles. The van der Waals surface area contributed by atoms with Crippen molar-refractivity contribution in [3.8, 4) is 0 Å². The summed E-state index contributed by atoms with van der Waals surface area (Å²) in [5.41, 5.74) is 1.38. The number of amides is 1. The first kappa shape index (κ1) is 16.1. The second kappa shape index (κ2) is 7.18. The Morgan fingerprint density at radius 3 is 2.50 bits per heavy atom. The number of benzene rings is 2. The first-order valence-corrected chi connectivity index (χ1v) is 7.81. The molecule has 0 bridgehead atoms. The van der Waals surface area contributed by atoms with Crippen molar-refractivity contribution in [3.05, 3.63) is 76.9 Å². The lowest BCUT2D eigenvalue weighted by molar-refractivity contribution is 0.102. The SMILES string of the molecule is O=C(Nc1cccc(Br)c1)c1cnc(Nc2cccc(F)c2)cn1. The van der Waals surface area contributed by atoms with Crippen molar-refractivity contribution in [1.29, 1.82) is 0 Å². The van der Waals surface area contributed by atoms with Gasteiger partial charge in [0.15, 0.2) is 0 Å². The molecule has 0 aliphatic heterocycles. The summed E-state index contributed by atoms with van der Waals surface area (Å²) in [5.74, 6) is -0.296. The van der Waals surface area contributed by atoms with E-state index < -0.39 is 0 Å². The molecule has 3 aromatic rings. The number of nitrogens with one attached hydrogen (secondary N) is 2. The van der Waals surface area contributed by atoms with Gasteiger partial charge < -0.3 is 10.6 Å². The lowest BCUT2D eigenvalue weighted by Gasteiger charge is -2.07. The largest absolute Gasteiger partial charge is 0.339 e. The van der Waals surface area contributed by atoms with Gasteiger partial charge in [-0.25, -0.2) is 14.4 Å². The smallest absolute Gasteiger partial charge is 0.275 e. The fraction of sp³-hybridized carbons (Fsp3) is 0. The molecule has 0 aliphatic carbocycles. The molecule has 1 heterocycles. The number of nitrogens with zero attached hydrogens (tertiary/aromatic N) is 2. The van der Waals surface area contributed by atoms with Crippen LogP contribution < -0.4 is 10.6 Å². The molecule has 0 spiro atoms. The van der Waals surface area contributed by atoms with Crippen LogP contribution in [0.3, 0.4) is 0 Å². The predicted molar refractivity (Wildman–Crippen MR) is 93.8 cm³/mol. The van der Waals surface area contributed by atoms with E-state index in [0.29, 0.717) is 17.2 Å². The zero-order chi connectivity index (χ0) is 16.9. The highest BCUT2D eigenvalue weighted by atomic mass is 79.9. The number of carbonyl (C=O) groups is 1. The summed E-state index contributed by atoms with van der Waals surface area (Å²) in [5, 5.41) is 5.65. The third-order valence-electron chi connectivity index (χ3n) is 3.06. The van der Waals surface area contributed by atoms with Gasteiger partial charge in [0, 0.05) is 15.8 Å². The van der Waals surface area contributed by atoms with Crippen LogP contribution in [0.25, 0.3) is 0 Å². The summed E-state index contributed by atoms with van der Waals surface area (Å²) >= 11 is 3.34. The molecule has 0 atom stereocenters. The predicted octanol–water partition coefficient (Wildman–Crippen LogP) is 4.37. The minimum atomic E-state index is -0.363. The Hall–Kier alpha value is -2.80. The van der Waals surface area contributed by atoms with Crippen LogP contribution in [-0.4, -0.2) is 15.9 Å². The Bertz CT molecular complexity index is 870. The molecule has 0 fully saturated rings. The molecule has 0 saturated carbocycles. The summed E-state index contributed by atoms with van der Waals surface area (Å²) in [6, 6.07) is 13.2. The fourth-order valence-corrected chi connectivity index (χ4v) is 2.38. The molecule has 2 aromatic carbocycles. The van der Waals surface area contributed by atoms with Crippen molar-refractivity contribution in [3.63, 3.8) is 0 Å². The number of halogens is 2. The van der Waals surface area contributed by atoms with Gasteiger partial charge in [-0.1, -0.05) is 28.1 Å². The second-order valence-electron chi connectivity index (χ2n) is 4.89. The van der Waals surface area contributed by atoms with Crippen molar-refractivity contribution in [2.75, 3.05) is 10.6 Å². The number of anilines is 3. The van der Waals surface area contributed by atoms with E-state index in [1.165, 1.54) is 24.5 Å². The maximum Gasteiger partial charge on any atom is 0.275 e. The minimum absolute atomic E-state index is 0.180. The highest BCUT2D eigenvalue weighted by Gasteiger charge is 2.09. The summed E-state index contributed by atoms with van der Waals surface area (Å²) in [6.07, 6.45) is 2.77. The van der Waals surface area contributed by atoms with Gasteiger partial charge in [-0.2, -0.15) is 0 Å². The first-order valence-electron chi connectivity index (χ1n) is 7.02. The molecule has 1 amide bonds. The quantitative estimate of drug-likeness (QED) is 0.698. The molecule has 0 unspecified atom stereocenters. The normalized spacial score (nSPS) is 10.2. The first-order chi connectivity index (χ1) is 11.6. The van der Waals surface area contributed by atoms with Crippen molar-refractivity contribution in [2.24, 2.45) is 0 Å². The van der Waals surface area contributed by atoms with E-state index in [9.17, 15) is 9.18 Å². The average molecular weight is 387 g/mol. The number of carbonyl (C=O) groups excluding carboxylic acids is 1. The number of hydrogen-bond donors (Lipinski definition) is 2. The van der Waals surface area contributed by atoms with Crippen LogP contribution in [0.4, 0.5) is 21.6 Å². The molecule has 7 heteroatoms. The standard InChI is InChI=1S/C17H12BrFN4O/c18-11-3-1-5-13(7-11)23-17(24)15-9-21-16(10-20-15)22-14-6-2-4-12(19)8-14/h1-10H,(H,21,22)(H,23,24). The second-order valence-corrected chi connectivity index (χ2v) is 5.80. The fourth-order valence-electron chi connectivity index (χ4n) is 1.99. The van der Waals surface area contributed by atoms with E-state index in [4.69, 9.17) is 0 Å². The molecule has 2 N–H and O–H groups in total. The Morgan fingerprint density at radius 2 is 1.79 bits per heavy atom. The topological polar surface area (TPSA) is 66.9 Å². The third-order valence-corrected chi connectivity index (χ3v) is 3.56. The summed E-state index contributed by atoms with van der Waals surface area (Å²) in [6.45, 7) is 0. The summed E-state index contributed by atoms with van der Waals surface area (Å²) in [4.78, 5) is 20.3. The molecule has 24 heavy (non-hydrogen) atoms. The molecular weight excluding hydrogens is 375 g/mol. The third kappa shape index (κ3) is 4.14. The van der Waals surface area contributed by atoms with Crippen LogP contribution >= 0.6 is 15.9 Å². The highest BCUT2D eigenvalue weighted by Crippen LogP contribution is 2.17. The zero-order valence-corrected chi connectivity index (χ0v) is 13.9. The zero-order valence-electron chi connectivity index (χ0n) is 12.3. The van der Waals surface area contributed by atoms with Crippen LogP contribution in [0.5, 0.6) is 0 Å². The van der Waals surface area contributed by atoms with E-state index in [1.54, 1.807) is 24.3 Å². The van der Waals surface area contributed by atoms with Gasteiger partial charge in [0.05, 0.1) is 12.4 Å². The van der Waals surface area contributed by atoms with E-state index in [1.807, 2.05) is 12.1 Å². The van der Waals surface area contributed by atoms with Gasteiger partial charge in [-0.3, -0.25) is 4.79 Å². The summed E-state index contributed by atoms with van der Waals surface area (Å²) < 4.78 is 14.0. The van der Waals surface area contributed by atoms with Crippen molar-refractivity contribution in [1.82, 2.24) is 9.97 Å². The van der Waals surface area contributed by atoms with Crippen LogP contribution in [0.1, 0.15) is 10.5 Å². The number of aromatic nitrogens is 2. The highest BCUT2D eigenvalue weighted by molar-refractivity contribution is 9.10. The number of rotatable bonds is 4. The van der Waals surface area contributed by atoms with E-state index in [2.05, 4.69) is 36.5 Å². The summed E-state index contributed by atoms with van der Waals surface area (Å²) in [7, 11) is 0. The van der Waals surface area contributed by atoms with E-state index >= 15 is 0 Å². The molecule has 120 valence electrons. The van der Waals surface area contributed by atoms with Gasteiger partial charge in [-0.15, -0.1) is 0 Å². The van der Waals surface area contributed by atoms with Crippen LogP contribution in [0.15, 0.2) is 65.4 Å². The Morgan fingerprint density at radius 1 is 1.00 bits per heavy atom. The van der Waals surface area contributed by atoms with E-state index in [0.717, 1.165) is 4.47 Å². The van der Waals surface area contributed by atoms with Gasteiger partial charge in [0.1, 0.15) is 17.3 Å². The van der Waals surface area contributed by atoms with Crippen LogP contribution in [0, 0.1) is 5.82 Å². The molecule has 5 nitrogen and oxygen atoms in total.